The number of ether oxygens (including phenoxy) is 1. The molecule has 1 heterocycles. The van der Waals surface area contributed by atoms with E-state index in [1.165, 1.54) is 0 Å². The van der Waals surface area contributed by atoms with Crippen molar-refractivity contribution < 1.29 is 9.26 Å². The van der Waals surface area contributed by atoms with Gasteiger partial charge >= 0.3 is 0 Å². The van der Waals surface area contributed by atoms with Crippen LogP contribution in [0.5, 0.6) is 0 Å². The Kier molecular flexibility index (Phi) is 4.29. The lowest BCUT2D eigenvalue weighted by atomic mass is 10.1. The molecule has 0 aliphatic rings. The average molecular weight is 261 g/mol. The van der Waals surface area contributed by atoms with Crippen molar-refractivity contribution in [2.45, 2.75) is 26.0 Å². The summed E-state index contributed by atoms with van der Waals surface area (Å²) in [5.41, 5.74) is 7.05. The number of methoxy groups -OCH3 is 1. The van der Waals surface area contributed by atoms with Crippen molar-refractivity contribution >= 4 is 0 Å². The molecule has 19 heavy (non-hydrogen) atoms. The summed E-state index contributed by atoms with van der Waals surface area (Å²) in [6.45, 7) is 4.09. The van der Waals surface area contributed by atoms with Crippen molar-refractivity contribution in [3.8, 4) is 0 Å². The van der Waals surface area contributed by atoms with E-state index in [1.807, 2.05) is 44.2 Å². The first-order valence-electron chi connectivity index (χ1n) is 6.30. The number of nitrogens with two attached hydrogens (primary N) is 1. The monoisotopic (exact) mass is 261 g/mol. The van der Waals surface area contributed by atoms with E-state index in [-0.39, 0.29) is 12.0 Å². The zero-order valence-corrected chi connectivity index (χ0v) is 11.4. The molecule has 1 aromatic carbocycles. The van der Waals surface area contributed by atoms with Gasteiger partial charge in [0.1, 0.15) is 12.1 Å². The van der Waals surface area contributed by atoms with Crippen LogP contribution in [0.4, 0.5) is 0 Å². The van der Waals surface area contributed by atoms with Gasteiger partial charge in [-0.05, 0) is 11.5 Å². The molecular formula is C14H19N3O2. The molecule has 0 saturated heterocycles. The summed E-state index contributed by atoms with van der Waals surface area (Å²) in [5.74, 6) is 1.21. The number of benzene rings is 1. The van der Waals surface area contributed by atoms with Gasteiger partial charge in [0.05, 0.1) is 0 Å². The number of aromatic nitrogens is 2. The summed E-state index contributed by atoms with van der Waals surface area (Å²) in [4.78, 5) is 4.35. The van der Waals surface area contributed by atoms with Gasteiger partial charge in [0.15, 0.2) is 0 Å². The Morgan fingerprint density at radius 3 is 2.47 bits per heavy atom. The molecule has 5 nitrogen and oxygen atoms in total. The van der Waals surface area contributed by atoms with Gasteiger partial charge in [-0.2, -0.15) is 4.98 Å². The molecule has 0 spiro atoms. The topological polar surface area (TPSA) is 74.2 Å². The normalized spacial score (nSPS) is 14.6. The maximum atomic E-state index is 6.11. The molecule has 102 valence electrons. The second-order valence-electron chi connectivity index (χ2n) is 4.78. The summed E-state index contributed by atoms with van der Waals surface area (Å²) in [6.07, 6.45) is -0.180. The lowest BCUT2D eigenvalue weighted by molar-refractivity contribution is 0.0555. The van der Waals surface area contributed by atoms with Crippen LogP contribution in [0.25, 0.3) is 0 Å². The molecule has 0 bridgehead atoms. The van der Waals surface area contributed by atoms with Gasteiger partial charge < -0.3 is 15.0 Å². The highest BCUT2D eigenvalue weighted by Gasteiger charge is 2.23. The van der Waals surface area contributed by atoms with Crippen LogP contribution in [-0.2, 0) is 4.74 Å². The Hall–Kier alpha value is -1.72. The molecule has 0 aliphatic heterocycles. The predicted molar refractivity (Wildman–Crippen MR) is 71.4 cm³/mol. The van der Waals surface area contributed by atoms with Gasteiger partial charge in [0.25, 0.3) is 0 Å². The van der Waals surface area contributed by atoms with Crippen LogP contribution in [-0.4, -0.2) is 17.3 Å². The van der Waals surface area contributed by atoms with Crippen LogP contribution in [0.15, 0.2) is 34.9 Å². The molecule has 0 saturated carbocycles. The van der Waals surface area contributed by atoms with Crippen LogP contribution in [0.3, 0.4) is 0 Å². The second kappa shape index (κ2) is 5.95. The Labute approximate surface area is 112 Å². The van der Waals surface area contributed by atoms with Crippen LogP contribution in [0, 0.1) is 5.92 Å². The van der Waals surface area contributed by atoms with Crippen LogP contribution >= 0.6 is 0 Å². The highest BCUT2D eigenvalue weighted by molar-refractivity contribution is 5.23. The molecule has 2 aromatic rings. The van der Waals surface area contributed by atoms with Gasteiger partial charge in [0, 0.05) is 7.11 Å². The molecule has 0 radical (unpaired) electrons. The van der Waals surface area contributed by atoms with Crippen LogP contribution in [0.2, 0.25) is 0 Å². The minimum atomic E-state index is -0.410. The van der Waals surface area contributed by atoms with Crippen molar-refractivity contribution in [2.75, 3.05) is 7.11 Å². The highest BCUT2D eigenvalue weighted by atomic mass is 16.5. The minimum Gasteiger partial charge on any atom is -0.373 e. The first kappa shape index (κ1) is 13.7. The Balaban J connectivity index is 2.21. The zero-order valence-electron chi connectivity index (χ0n) is 11.4. The number of rotatable bonds is 5. The summed E-state index contributed by atoms with van der Waals surface area (Å²) in [6, 6.07) is 9.26. The molecular weight excluding hydrogens is 242 g/mol. The Morgan fingerprint density at radius 2 is 1.89 bits per heavy atom. The summed E-state index contributed by atoms with van der Waals surface area (Å²) >= 11 is 0. The van der Waals surface area contributed by atoms with E-state index in [0.29, 0.717) is 11.7 Å². The first-order chi connectivity index (χ1) is 9.13. The van der Waals surface area contributed by atoms with Crippen LogP contribution in [0.1, 0.15) is 43.3 Å². The smallest absolute Gasteiger partial charge is 0.248 e. The van der Waals surface area contributed by atoms with Crippen molar-refractivity contribution in [2.24, 2.45) is 11.7 Å². The van der Waals surface area contributed by atoms with Crippen molar-refractivity contribution in [3.05, 3.63) is 47.6 Å². The van der Waals surface area contributed by atoms with E-state index in [1.54, 1.807) is 7.11 Å². The third kappa shape index (κ3) is 3.00. The predicted octanol–water partition coefficient (Wildman–Crippen LogP) is 2.46. The lowest BCUT2D eigenvalue weighted by Gasteiger charge is -2.14. The van der Waals surface area contributed by atoms with Gasteiger partial charge in [-0.1, -0.05) is 49.3 Å². The van der Waals surface area contributed by atoms with Crippen LogP contribution < -0.4 is 5.73 Å². The van der Waals surface area contributed by atoms with Crippen molar-refractivity contribution in [3.63, 3.8) is 0 Å². The number of hydrogen-bond donors (Lipinski definition) is 1. The summed E-state index contributed by atoms with van der Waals surface area (Å²) in [7, 11) is 1.64. The van der Waals surface area contributed by atoms with E-state index >= 15 is 0 Å². The molecule has 1 aromatic heterocycles. The molecule has 2 rings (SSSR count). The Bertz CT molecular complexity index is 510. The number of hydrogen-bond acceptors (Lipinski definition) is 5. The fourth-order valence-electron chi connectivity index (χ4n) is 1.97. The van der Waals surface area contributed by atoms with Crippen molar-refractivity contribution in [1.29, 1.82) is 0 Å². The van der Waals surface area contributed by atoms with E-state index in [4.69, 9.17) is 15.0 Å². The highest BCUT2D eigenvalue weighted by Crippen LogP contribution is 2.24. The summed E-state index contributed by atoms with van der Waals surface area (Å²) in [5, 5.41) is 3.96. The maximum Gasteiger partial charge on any atom is 0.248 e. The SMILES string of the molecule is COC(c1noc(C(N)c2ccccc2)n1)C(C)C. The summed E-state index contributed by atoms with van der Waals surface area (Å²) < 4.78 is 10.6. The van der Waals surface area contributed by atoms with E-state index in [2.05, 4.69) is 10.1 Å². The van der Waals surface area contributed by atoms with E-state index in [0.717, 1.165) is 5.56 Å². The Morgan fingerprint density at radius 1 is 1.21 bits per heavy atom. The maximum absolute atomic E-state index is 6.11. The minimum absolute atomic E-state index is 0.180. The van der Waals surface area contributed by atoms with E-state index in [9.17, 15) is 0 Å². The lowest BCUT2D eigenvalue weighted by Crippen LogP contribution is -2.14. The van der Waals surface area contributed by atoms with Gasteiger partial charge in [-0.3, -0.25) is 0 Å². The fraction of sp³-hybridized carbons (Fsp3) is 0.429. The quantitative estimate of drug-likeness (QED) is 0.894. The third-order valence-corrected chi connectivity index (χ3v) is 3.00. The van der Waals surface area contributed by atoms with Gasteiger partial charge in [-0.15, -0.1) is 0 Å². The zero-order chi connectivity index (χ0) is 13.8. The van der Waals surface area contributed by atoms with Crippen molar-refractivity contribution in [1.82, 2.24) is 10.1 Å². The van der Waals surface area contributed by atoms with Gasteiger partial charge in [0.2, 0.25) is 11.7 Å². The molecule has 2 N–H and O–H groups in total. The number of nitrogens with zero attached hydrogens (tertiary/aromatic N) is 2. The largest absolute Gasteiger partial charge is 0.373 e. The van der Waals surface area contributed by atoms with E-state index < -0.39 is 6.04 Å². The first-order valence-corrected chi connectivity index (χ1v) is 6.30. The molecule has 0 aliphatic carbocycles. The molecule has 0 amide bonds. The second-order valence-corrected chi connectivity index (χ2v) is 4.78. The fourth-order valence-corrected chi connectivity index (χ4v) is 1.97. The molecule has 2 atom stereocenters. The molecule has 0 fully saturated rings. The van der Waals surface area contributed by atoms with Gasteiger partial charge in [-0.25, -0.2) is 0 Å². The average Bonchev–Trinajstić information content (AvgIpc) is 2.89. The standard InChI is InChI=1S/C14H19N3O2/c1-9(2)12(18-3)13-16-14(19-17-13)11(15)10-7-5-4-6-8-10/h4-9,11-12H,15H2,1-3H3. The molecule has 2 unspecified atom stereocenters. The molecule has 5 heteroatoms. The third-order valence-electron chi connectivity index (χ3n) is 3.00.